The molecule has 2 aromatic rings. The molecule has 110 valence electrons. The van der Waals surface area contributed by atoms with E-state index in [1.807, 2.05) is 28.8 Å². The number of amides is 1. The fraction of sp³-hybridized carbons (Fsp3) is 0.333. The first-order valence-corrected chi connectivity index (χ1v) is 6.98. The fourth-order valence-electron chi connectivity index (χ4n) is 2.34. The highest BCUT2D eigenvalue weighted by Gasteiger charge is 2.16. The Morgan fingerprint density at radius 3 is 3.24 bits per heavy atom. The first-order valence-electron chi connectivity index (χ1n) is 6.98. The number of fused-ring (bicyclic) bond motifs is 1. The van der Waals surface area contributed by atoms with Gasteiger partial charge in [-0.25, -0.2) is 4.98 Å². The highest BCUT2D eigenvalue weighted by atomic mass is 16.5. The molecule has 6 nitrogen and oxygen atoms in total. The Morgan fingerprint density at radius 1 is 1.52 bits per heavy atom. The van der Waals surface area contributed by atoms with Crippen LogP contribution in [0.15, 0.2) is 30.5 Å². The van der Waals surface area contributed by atoms with Crippen molar-refractivity contribution in [1.82, 2.24) is 14.9 Å². The van der Waals surface area contributed by atoms with Gasteiger partial charge in [0.25, 0.3) is 5.91 Å². The second-order valence-electron chi connectivity index (χ2n) is 4.96. The Bertz CT molecular complexity index is 627. The van der Waals surface area contributed by atoms with Crippen molar-refractivity contribution in [2.75, 3.05) is 19.0 Å². The maximum Gasteiger partial charge on any atom is 0.271 e. The molecule has 21 heavy (non-hydrogen) atoms. The highest BCUT2D eigenvalue weighted by Crippen LogP contribution is 2.15. The molecule has 3 rings (SSSR count). The first-order chi connectivity index (χ1) is 10.3. The molecule has 0 bridgehead atoms. The van der Waals surface area contributed by atoms with Crippen LogP contribution < -0.4 is 15.4 Å². The van der Waals surface area contributed by atoms with Gasteiger partial charge in [-0.1, -0.05) is 12.1 Å². The minimum atomic E-state index is -0.165. The summed E-state index contributed by atoms with van der Waals surface area (Å²) in [4.78, 5) is 16.5. The van der Waals surface area contributed by atoms with Crippen molar-refractivity contribution >= 4 is 11.9 Å². The summed E-state index contributed by atoms with van der Waals surface area (Å²) in [5, 5.41) is 6.06. The standard InChI is InChI=1S/C15H18N4O2/c1-21-12-5-2-4-11(8-12)9-17-14(20)13-10-19-7-3-6-16-15(19)18-13/h2,4-5,8,10H,3,6-7,9H2,1H3,(H,16,18)(H,17,20). The summed E-state index contributed by atoms with van der Waals surface area (Å²) >= 11 is 0. The number of nitrogens with one attached hydrogen (secondary N) is 2. The summed E-state index contributed by atoms with van der Waals surface area (Å²) in [5.41, 5.74) is 1.44. The Hall–Kier alpha value is -2.50. The smallest absolute Gasteiger partial charge is 0.271 e. The second kappa shape index (κ2) is 5.87. The molecule has 0 aliphatic carbocycles. The highest BCUT2D eigenvalue weighted by molar-refractivity contribution is 5.92. The van der Waals surface area contributed by atoms with E-state index in [-0.39, 0.29) is 5.91 Å². The number of anilines is 1. The van der Waals surface area contributed by atoms with Crippen molar-refractivity contribution in [3.05, 3.63) is 41.7 Å². The van der Waals surface area contributed by atoms with Crippen LogP contribution in [0.3, 0.4) is 0 Å². The third-order valence-corrected chi connectivity index (χ3v) is 3.46. The molecule has 1 aromatic heterocycles. The van der Waals surface area contributed by atoms with Crippen molar-refractivity contribution < 1.29 is 9.53 Å². The number of carbonyl (C=O) groups is 1. The molecule has 0 saturated carbocycles. The van der Waals surface area contributed by atoms with Crippen LogP contribution in [0.2, 0.25) is 0 Å². The molecule has 2 heterocycles. The number of hydrogen-bond acceptors (Lipinski definition) is 4. The maximum atomic E-state index is 12.1. The van der Waals surface area contributed by atoms with Gasteiger partial charge in [0.15, 0.2) is 0 Å². The predicted molar refractivity (Wildman–Crippen MR) is 79.5 cm³/mol. The molecule has 0 unspecified atom stereocenters. The third kappa shape index (κ3) is 2.99. The van der Waals surface area contributed by atoms with Gasteiger partial charge < -0.3 is 19.9 Å². The molecule has 0 spiro atoms. The molecule has 1 aliphatic rings. The van der Waals surface area contributed by atoms with Gasteiger partial charge in [0.2, 0.25) is 5.95 Å². The van der Waals surface area contributed by atoms with Gasteiger partial charge >= 0.3 is 0 Å². The van der Waals surface area contributed by atoms with Gasteiger partial charge in [0.1, 0.15) is 11.4 Å². The SMILES string of the molecule is COc1cccc(CNC(=O)c2cn3c(n2)NCCC3)c1. The maximum absolute atomic E-state index is 12.1. The molecule has 0 atom stereocenters. The number of aromatic nitrogens is 2. The number of imidazole rings is 1. The number of carbonyl (C=O) groups excluding carboxylic acids is 1. The number of nitrogens with zero attached hydrogens (tertiary/aromatic N) is 2. The Balaban J connectivity index is 1.64. The zero-order valence-electron chi connectivity index (χ0n) is 11.9. The topological polar surface area (TPSA) is 68.2 Å². The predicted octanol–water partition coefficient (Wildman–Crippen LogP) is 1.64. The van der Waals surface area contributed by atoms with Crippen LogP contribution in [0.4, 0.5) is 5.95 Å². The molecule has 0 fully saturated rings. The number of benzene rings is 1. The Morgan fingerprint density at radius 2 is 2.43 bits per heavy atom. The van der Waals surface area contributed by atoms with E-state index in [4.69, 9.17) is 4.74 Å². The number of rotatable bonds is 4. The minimum absolute atomic E-state index is 0.165. The number of methoxy groups -OCH3 is 1. The number of aryl methyl sites for hydroxylation is 1. The van der Waals surface area contributed by atoms with Gasteiger partial charge in [-0.2, -0.15) is 0 Å². The van der Waals surface area contributed by atoms with Gasteiger partial charge in [-0.3, -0.25) is 4.79 Å². The normalized spacial score (nSPS) is 13.2. The van der Waals surface area contributed by atoms with E-state index in [2.05, 4.69) is 15.6 Å². The van der Waals surface area contributed by atoms with Gasteiger partial charge in [0.05, 0.1) is 7.11 Å². The van der Waals surface area contributed by atoms with Crippen LogP contribution in [0.25, 0.3) is 0 Å². The van der Waals surface area contributed by atoms with E-state index >= 15 is 0 Å². The van der Waals surface area contributed by atoms with Crippen LogP contribution >= 0.6 is 0 Å². The van der Waals surface area contributed by atoms with Crippen LogP contribution in [0, 0.1) is 0 Å². The number of hydrogen-bond donors (Lipinski definition) is 2. The lowest BCUT2D eigenvalue weighted by molar-refractivity contribution is 0.0946. The van der Waals surface area contributed by atoms with E-state index in [1.165, 1.54) is 0 Å². The van der Waals surface area contributed by atoms with Crippen LogP contribution in [0.1, 0.15) is 22.5 Å². The molecular formula is C15H18N4O2. The van der Waals surface area contributed by atoms with E-state index in [0.717, 1.165) is 36.8 Å². The lowest BCUT2D eigenvalue weighted by Gasteiger charge is -2.14. The average Bonchev–Trinajstić information content (AvgIpc) is 2.97. The van der Waals surface area contributed by atoms with Gasteiger partial charge in [0, 0.05) is 25.8 Å². The van der Waals surface area contributed by atoms with Gasteiger partial charge in [-0.15, -0.1) is 0 Å². The van der Waals surface area contributed by atoms with Crippen molar-refractivity contribution in [1.29, 1.82) is 0 Å². The first kappa shape index (κ1) is 13.5. The molecule has 2 N–H and O–H groups in total. The molecular weight excluding hydrogens is 268 g/mol. The van der Waals surface area contributed by atoms with Crippen molar-refractivity contribution in [2.45, 2.75) is 19.5 Å². The van der Waals surface area contributed by atoms with E-state index in [0.29, 0.717) is 12.2 Å². The molecule has 1 amide bonds. The molecule has 6 heteroatoms. The van der Waals surface area contributed by atoms with Crippen molar-refractivity contribution in [3.63, 3.8) is 0 Å². The summed E-state index contributed by atoms with van der Waals surface area (Å²) < 4.78 is 7.14. The molecule has 0 radical (unpaired) electrons. The summed E-state index contributed by atoms with van der Waals surface area (Å²) in [5.74, 6) is 1.39. The van der Waals surface area contributed by atoms with E-state index in [9.17, 15) is 4.79 Å². The van der Waals surface area contributed by atoms with Crippen molar-refractivity contribution in [3.8, 4) is 5.75 Å². The Kier molecular flexibility index (Phi) is 3.77. The van der Waals surface area contributed by atoms with E-state index in [1.54, 1.807) is 13.3 Å². The molecule has 1 aliphatic heterocycles. The average molecular weight is 286 g/mol. The molecule has 0 saturated heterocycles. The zero-order valence-corrected chi connectivity index (χ0v) is 11.9. The fourth-order valence-corrected chi connectivity index (χ4v) is 2.34. The summed E-state index contributed by atoms with van der Waals surface area (Å²) in [6, 6.07) is 7.63. The van der Waals surface area contributed by atoms with E-state index < -0.39 is 0 Å². The monoisotopic (exact) mass is 286 g/mol. The summed E-state index contributed by atoms with van der Waals surface area (Å²) in [6.07, 6.45) is 2.84. The largest absolute Gasteiger partial charge is 0.497 e. The quantitative estimate of drug-likeness (QED) is 0.896. The summed E-state index contributed by atoms with van der Waals surface area (Å²) in [7, 11) is 1.63. The third-order valence-electron chi connectivity index (χ3n) is 3.46. The lowest BCUT2D eigenvalue weighted by atomic mass is 10.2. The van der Waals surface area contributed by atoms with Crippen LogP contribution in [0.5, 0.6) is 5.75 Å². The van der Waals surface area contributed by atoms with Gasteiger partial charge in [-0.05, 0) is 24.1 Å². The Labute approximate surface area is 123 Å². The summed E-state index contributed by atoms with van der Waals surface area (Å²) in [6.45, 7) is 2.26. The van der Waals surface area contributed by atoms with Crippen LogP contribution in [-0.2, 0) is 13.1 Å². The minimum Gasteiger partial charge on any atom is -0.497 e. The molecule has 1 aromatic carbocycles. The number of ether oxygens (including phenoxy) is 1. The van der Waals surface area contributed by atoms with Crippen LogP contribution in [-0.4, -0.2) is 29.1 Å². The lowest BCUT2D eigenvalue weighted by Crippen LogP contribution is -2.23. The second-order valence-corrected chi connectivity index (χ2v) is 4.96. The van der Waals surface area contributed by atoms with Crippen molar-refractivity contribution in [2.24, 2.45) is 0 Å². The zero-order chi connectivity index (χ0) is 14.7.